The molecule has 2 N–H and O–H groups in total. The van der Waals surface area contributed by atoms with Gasteiger partial charge >= 0.3 is 0 Å². The van der Waals surface area contributed by atoms with Crippen molar-refractivity contribution in [1.82, 2.24) is 14.9 Å². The van der Waals surface area contributed by atoms with Gasteiger partial charge in [0.1, 0.15) is 0 Å². The van der Waals surface area contributed by atoms with E-state index in [2.05, 4.69) is 4.98 Å². The first kappa shape index (κ1) is 20.5. The van der Waals surface area contributed by atoms with Crippen molar-refractivity contribution in [2.45, 2.75) is 18.9 Å². The van der Waals surface area contributed by atoms with Crippen LogP contribution in [-0.4, -0.2) is 47.3 Å². The van der Waals surface area contributed by atoms with Gasteiger partial charge in [0.15, 0.2) is 0 Å². The minimum Gasteiger partial charge on any atom is -0.366 e. The van der Waals surface area contributed by atoms with E-state index in [1.54, 1.807) is 18.3 Å². The van der Waals surface area contributed by atoms with Crippen LogP contribution < -0.4 is 10.6 Å². The molecule has 2 heterocycles. The molecule has 0 saturated carbocycles. The summed E-state index contributed by atoms with van der Waals surface area (Å²) in [6.45, 7) is 0.680. The molecule has 0 unspecified atom stereocenters. The lowest BCUT2D eigenvalue weighted by atomic mass is 9.98. The lowest BCUT2D eigenvalue weighted by Gasteiger charge is -2.27. The van der Waals surface area contributed by atoms with Gasteiger partial charge in [0.25, 0.3) is 5.91 Å². The Hall–Kier alpha value is -3.74. The Bertz CT molecular complexity index is 1100. The smallest absolute Gasteiger partial charge is 0.254 e. The van der Waals surface area contributed by atoms with Crippen molar-refractivity contribution in [1.29, 1.82) is 0 Å². The summed E-state index contributed by atoms with van der Waals surface area (Å²) in [5, 5.41) is 0. The largest absolute Gasteiger partial charge is 0.366 e. The Morgan fingerprint density at radius 3 is 2.39 bits per heavy atom. The van der Waals surface area contributed by atoms with Crippen LogP contribution in [0.4, 0.5) is 5.95 Å². The van der Waals surface area contributed by atoms with Crippen LogP contribution in [0.15, 0.2) is 60.8 Å². The predicted molar refractivity (Wildman–Crippen MR) is 120 cm³/mol. The van der Waals surface area contributed by atoms with Gasteiger partial charge in [-0.25, -0.2) is 9.97 Å². The molecule has 4 rings (SSSR count). The summed E-state index contributed by atoms with van der Waals surface area (Å²) in [7, 11) is 3.78. The Kier molecular flexibility index (Phi) is 5.66. The van der Waals surface area contributed by atoms with E-state index in [1.807, 2.05) is 66.4 Å². The predicted octanol–water partition coefficient (Wildman–Crippen LogP) is 3.29. The van der Waals surface area contributed by atoms with E-state index in [9.17, 15) is 9.59 Å². The highest BCUT2D eigenvalue weighted by molar-refractivity contribution is 5.95. The summed E-state index contributed by atoms with van der Waals surface area (Å²) < 4.78 is 0. The third kappa shape index (κ3) is 4.12. The van der Waals surface area contributed by atoms with Crippen molar-refractivity contribution in [3.8, 4) is 11.1 Å². The van der Waals surface area contributed by atoms with Gasteiger partial charge in [0.05, 0.1) is 11.7 Å². The molecule has 2 aromatic carbocycles. The normalized spacial score (nSPS) is 15.7. The van der Waals surface area contributed by atoms with Crippen LogP contribution in [0, 0.1) is 0 Å². The monoisotopic (exact) mass is 415 g/mol. The van der Waals surface area contributed by atoms with Crippen molar-refractivity contribution in [3.05, 3.63) is 77.6 Å². The summed E-state index contributed by atoms with van der Waals surface area (Å²) in [5.74, 6) is 0.121. The Morgan fingerprint density at radius 1 is 1.03 bits per heavy atom. The van der Waals surface area contributed by atoms with E-state index in [0.717, 1.165) is 29.7 Å². The van der Waals surface area contributed by atoms with E-state index in [1.165, 1.54) is 0 Å². The van der Waals surface area contributed by atoms with E-state index >= 15 is 0 Å². The van der Waals surface area contributed by atoms with Crippen LogP contribution in [0.25, 0.3) is 11.1 Å². The Morgan fingerprint density at radius 2 is 1.74 bits per heavy atom. The summed E-state index contributed by atoms with van der Waals surface area (Å²) in [6, 6.07) is 16.3. The quantitative estimate of drug-likeness (QED) is 0.690. The molecule has 31 heavy (non-hydrogen) atoms. The molecule has 0 bridgehead atoms. The van der Waals surface area contributed by atoms with Crippen molar-refractivity contribution in [2.75, 3.05) is 25.5 Å². The van der Waals surface area contributed by atoms with E-state index < -0.39 is 5.91 Å². The fourth-order valence-corrected chi connectivity index (χ4v) is 3.93. The number of carbonyl (C=O) groups is 2. The maximum atomic E-state index is 13.2. The topological polar surface area (TPSA) is 92.4 Å². The Labute approximate surface area is 181 Å². The number of carbonyl (C=O) groups excluding carboxylic acids is 2. The zero-order chi connectivity index (χ0) is 22.0. The van der Waals surface area contributed by atoms with E-state index in [-0.39, 0.29) is 11.9 Å². The first-order valence-corrected chi connectivity index (χ1v) is 10.3. The van der Waals surface area contributed by atoms with E-state index in [4.69, 9.17) is 10.7 Å². The second-order valence-corrected chi connectivity index (χ2v) is 7.83. The number of aromatic nitrogens is 2. The van der Waals surface area contributed by atoms with Gasteiger partial charge in [-0.05, 0) is 42.7 Å². The number of benzene rings is 2. The number of nitrogens with two attached hydrogens (primary N) is 1. The molecular formula is C24H25N5O2. The second kappa shape index (κ2) is 8.55. The van der Waals surface area contributed by atoms with Crippen LogP contribution in [0.5, 0.6) is 0 Å². The number of nitrogens with zero attached hydrogens (tertiary/aromatic N) is 4. The molecule has 1 aromatic heterocycles. The molecule has 3 aromatic rings. The van der Waals surface area contributed by atoms with Crippen molar-refractivity contribution < 1.29 is 9.59 Å². The third-order valence-corrected chi connectivity index (χ3v) is 5.54. The molecule has 158 valence electrons. The number of amides is 2. The molecule has 1 aliphatic heterocycles. The maximum Gasteiger partial charge on any atom is 0.254 e. The molecule has 0 spiro atoms. The number of hydrogen-bond acceptors (Lipinski definition) is 5. The van der Waals surface area contributed by atoms with Gasteiger partial charge in [-0.2, -0.15) is 0 Å². The fraction of sp³-hybridized carbons (Fsp3) is 0.250. The number of hydrogen-bond donors (Lipinski definition) is 1. The Balaban J connectivity index is 1.77. The minimum atomic E-state index is -0.471. The molecule has 1 fully saturated rings. The second-order valence-electron chi connectivity index (χ2n) is 7.83. The summed E-state index contributed by atoms with van der Waals surface area (Å²) in [4.78, 5) is 37.8. The van der Waals surface area contributed by atoms with Gasteiger partial charge in [0.2, 0.25) is 11.9 Å². The molecule has 0 aliphatic carbocycles. The zero-order valence-corrected chi connectivity index (χ0v) is 17.7. The molecule has 7 heteroatoms. The van der Waals surface area contributed by atoms with Gasteiger partial charge < -0.3 is 15.5 Å². The minimum absolute atomic E-state index is 0.00291. The average Bonchev–Trinajstić information content (AvgIpc) is 3.28. The number of rotatable bonds is 5. The third-order valence-electron chi connectivity index (χ3n) is 5.54. The maximum absolute atomic E-state index is 13.2. The number of anilines is 1. The van der Waals surface area contributed by atoms with Gasteiger partial charge in [-0.3, -0.25) is 9.59 Å². The summed E-state index contributed by atoms with van der Waals surface area (Å²) in [5.41, 5.74) is 9.03. The van der Waals surface area contributed by atoms with Crippen LogP contribution in [-0.2, 0) is 0 Å². The summed E-state index contributed by atoms with van der Waals surface area (Å²) in [6.07, 6.45) is 3.53. The van der Waals surface area contributed by atoms with Crippen molar-refractivity contribution in [2.24, 2.45) is 5.73 Å². The van der Waals surface area contributed by atoms with Gasteiger partial charge in [-0.15, -0.1) is 0 Å². The van der Waals surface area contributed by atoms with Gasteiger partial charge in [0, 0.05) is 43.5 Å². The molecule has 1 saturated heterocycles. The molecule has 1 atom stereocenters. The molecular weight excluding hydrogens is 390 g/mol. The SMILES string of the molecule is CN(C)c1ncc(-c2ccc(C(N)=O)cc2)c([C@@H]2CCCN2C(=O)c2ccccc2)n1. The van der Waals surface area contributed by atoms with Crippen molar-refractivity contribution >= 4 is 17.8 Å². The van der Waals surface area contributed by atoms with Crippen LogP contribution in [0.2, 0.25) is 0 Å². The highest BCUT2D eigenvalue weighted by Gasteiger charge is 2.33. The first-order valence-electron chi connectivity index (χ1n) is 10.3. The molecule has 1 aliphatic rings. The number of primary amides is 1. The lowest BCUT2D eigenvalue weighted by molar-refractivity contribution is 0.0733. The molecule has 0 radical (unpaired) electrons. The molecule has 2 amide bonds. The standard InChI is InChI=1S/C24H25N5O2/c1-28(2)24-26-15-19(16-10-12-17(13-11-16)22(25)30)21(27-24)20-9-6-14-29(20)23(31)18-7-4-3-5-8-18/h3-5,7-8,10-13,15,20H,6,9,14H2,1-2H3,(H2,25,30)/t20-/m0/s1. The molecule has 7 nitrogen and oxygen atoms in total. The lowest BCUT2D eigenvalue weighted by Crippen LogP contribution is -2.31. The van der Waals surface area contributed by atoms with Crippen molar-refractivity contribution in [3.63, 3.8) is 0 Å². The summed E-state index contributed by atoms with van der Waals surface area (Å²) >= 11 is 0. The van der Waals surface area contributed by atoms with E-state index in [0.29, 0.717) is 23.6 Å². The van der Waals surface area contributed by atoms with Crippen LogP contribution in [0.3, 0.4) is 0 Å². The first-order chi connectivity index (χ1) is 15.0. The fourth-order valence-electron chi connectivity index (χ4n) is 3.93. The number of likely N-dealkylation sites (tertiary alicyclic amines) is 1. The van der Waals surface area contributed by atoms with Crippen LogP contribution in [0.1, 0.15) is 45.3 Å². The van der Waals surface area contributed by atoms with Gasteiger partial charge in [-0.1, -0.05) is 30.3 Å². The highest BCUT2D eigenvalue weighted by atomic mass is 16.2. The van der Waals surface area contributed by atoms with Crippen LogP contribution >= 0.6 is 0 Å². The zero-order valence-electron chi connectivity index (χ0n) is 17.7. The highest BCUT2D eigenvalue weighted by Crippen LogP contribution is 2.38. The average molecular weight is 415 g/mol.